The molecular formula is C54H77N5O9. The van der Waals surface area contributed by atoms with E-state index in [1.807, 2.05) is 96.1 Å². The summed E-state index contributed by atoms with van der Waals surface area (Å²) in [4.78, 5) is 75.4. The van der Waals surface area contributed by atoms with Crippen molar-refractivity contribution in [2.24, 2.45) is 23.7 Å². The highest BCUT2D eigenvalue weighted by molar-refractivity contribution is 5.92. The van der Waals surface area contributed by atoms with E-state index in [1.165, 1.54) is 12.0 Å². The molecule has 14 nitrogen and oxygen atoms in total. The van der Waals surface area contributed by atoms with E-state index in [9.17, 15) is 29.1 Å². The summed E-state index contributed by atoms with van der Waals surface area (Å²) in [6, 6.07) is 21.9. The predicted molar refractivity (Wildman–Crippen MR) is 263 cm³/mol. The second-order valence-electron chi connectivity index (χ2n) is 19.6. The lowest BCUT2D eigenvalue weighted by Crippen LogP contribution is -2.60. The van der Waals surface area contributed by atoms with Crippen LogP contribution in [-0.2, 0) is 33.4 Å². The maximum Gasteiger partial charge on any atom is 0.410 e. The Balaban J connectivity index is 1.25. The molecule has 5 rings (SSSR count). The molecular weight excluding hydrogens is 863 g/mol. The SMILES string of the molecule is CC[C@H](C)C(C(CC(=O)N1CCC[C@H]1C(OC)[C@@H](C)C(=O)N[C@H](C)[C@@H](O)c1ccccc1)OC)N(C)C(=O)[C@@H](NC(=O)C(C(C)C)N(C)C(=O)OCC1c2ccccc2-c2ccccc21)C(C)C. The molecule has 1 aliphatic carbocycles. The highest BCUT2D eigenvalue weighted by Crippen LogP contribution is 2.44. The summed E-state index contributed by atoms with van der Waals surface area (Å²) >= 11 is 0. The lowest BCUT2D eigenvalue weighted by atomic mass is 9.89. The molecule has 1 saturated heterocycles. The lowest BCUT2D eigenvalue weighted by molar-refractivity contribution is -0.148. The van der Waals surface area contributed by atoms with Crippen LogP contribution in [0.5, 0.6) is 0 Å². The molecule has 3 aromatic rings. The smallest absolute Gasteiger partial charge is 0.410 e. The highest BCUT2D eigenvalue weighted by atomic mass is 16.6. The maximum absolute atomic E-state index is 14.7. The summed E-state index contributed by atoms with van der Waals surface area (Å²) in [5, 5.41) is 16.9. The summed E-state index contributed by atoms with van der Waals surface area (Å²) in [6.45, 7) is 15.6. The van der Waals surface area contributed by atoms with Gasteiger partial charge in [0.05, 0.1) is 48.8 Å². The van der Waals surface area contributed by atoms with Crippen molar-refractivity contribution in [3.8, 4) is 11.1 Å². The van der Waals surface area contributed by atoms with Crippen molar-refractivity contribution >= 4 is 29.7 Å². The van der Waals surface area contributed by atoms with Gasteiger partial charge in [-0.25, -0.2) is 4.79 Å². The first-order chi connectivity index (χ1) is 32.4. The zero-order valence-electron chi connectivity index (χ0n) is 42.3. The Bertz CT molecular complexity index is 2120. The Morgan fingerprint density at radius 3 is 1.90 bits per heavy atom. The Kier molecular flexibility index (Phi) is 19.2. The van der Waals surface area contributed by atoms with Crippen molar-refractivity contribution in [1.29, 1.82) is 0 Å². The highest BCUT2D eigenvalue weighted by Gasteiger charge is 2.44. The fraction of sp³-hybridized carbons (Fsp3) is 0.574. The van der Waals surface area contributed by atoms with E-state index in [0.717, 1.165) is 28.7 Å². The molecule has 5 amide bonds. The number of rotatable bonds is 22. The first-order valence-corrected chi connectivity index (χ1v) is 24.4. The molecule has 3 aromatic carbocycles. The number of likely N-dealkylation sites (N-methyl/N-ethyl adjacent to an activating group) is 2. The van der Waals surface area contributed by atoms with Gasteiger partial charge in [-0.15, -0.1) is 0 Å². The predicted octanol–water partition coefficient (Wildman–Crippen LogP) is 7.19. The fourth-order valence-corrected chi connectivity index (χ4v) is 10.4. The molecule has 14 heteroatoms. The largest absolute Gasteiger partial charge is 0.448 e. The van der Waals surface area contributed by atoms with Gasteiger partial charge in [-0.3, -0.25) is 24.1 Å². The van der Waals surface area contributed by atoms with E-state index in [0.29, 0.717) is 24.9 Å². The summed E-state index contributed by atoms with van der Waals surface area (Å²) in [5.41, 5.74) is 5.09. The number of nitrogens with zero attached hydrogens (tertiary/aromatic N) is 3. The number of ether oxygens (including phenoxy) is 3. The number of hydrogen-bond acceptors (Lipinski definition) is 9. The summed E-state index contributed by atoms with van der Waals surface area (Å²) in [5.74, 6) is -2.84. The van der Waals surface area contributed by atoms with Gasteiger partial charge in [-0.1, -0.05) is 134 Å². The summed E-state index contributed by atoms with van der Waals surface area (Å²) < 4.78 is 18.0. The van der Waals surface area contributed by atoms with Crippen LogP contribution in [0, 0.1) is 23.7 Å². The van der Waals surface area contributed by atoms with Gasteiger partial charge in [0.1, 0.15) is 18.7 Å². The van der Waals surface area contributed by atoms with Gasteiger partial charge < -0.3 is 39.8 Å². The van der Waals surface area contributed by atoms with Crippen LogP contribution < -0.4 is 10.6 Å². The maximum atomic E-state index is 14.7. The molecule has 0 aromatic heterocycles. The van der Waals surface area contributed by atoms with E-state index < -0.39 is 60.4 Å². The first kappa shape index (κ1) is 53.6. The van der Waals surface area contributed by atoms with Gasteiger partial charge in [-0.2, -0.15) is 0 Å². The Morgan fingerprint density at radius 1 is 0.765 bits per heavy atom. The Labute approximate surface area is 404 Å². The molecule has 1 aliphatic heterocycles. The van der Waals surface area contributed by atoms with Gasteiger partial charge in [0, 0.05) is 40.8 Å². The lowest BCUT2D eigenvalue weighted by Gasteiger charge is -2.41. The summed E-state index contributed by atoms with van der Waals surface area (Å²) in [6.07, 6.45) is -0.862. The van der Waals surface area contributed by atoms with Crippen LogP contribution in [0.2, 0.25) is 0 Å². The van der Waals surface area contributed by atoms with Gasteiger partial charge >= 0.3 is 6.09 Å². The molecule has 0 bridgehead atoms. The number of nitrogens with one attached hydrogen (secondary N) is 2. The van der Waals surface area contributed by atoms with E-state index in [4.69, 9.17) is 14.2 Å². The number of carbonyl (C=O) groups is 5. The van der Waals surface area contributed by atoms with Crippen LogP contribution in [0.1, 0.15) is 110 Å². The zero-order chi connectivity index (χ0) is 50.0. The number of methoxy groups -OCH3 is 2. The average molecular weight is 940 g/mol. The molecule has 3 N–H and O–H groups in total. The van der Waals surface area contributed by atoms with Crippen LogP contribution in [0.3, 0.4) is 0 Å². The number of fused-ring (bicyclic) bond motifs is 3. The molecule has 1 fully saturated rings. The number of carbonyl (C=O) groups excluding carboxylic acids is 5. The van der Waals surface area contributed by atoms with Crippen molar-refractivity contribution in [2.75, 3.05) is 41.5 Å². The number of likely N-dealkylation sites (tertiary alicyclic amines) is 1. The van der Waals surface area contributed by atoms with Crippen LogP contribution in [0.25, 0.3) is 11.1 Å². The molecule has 372 valence electrons. The van der Waals surface area contributed by atoms with E-state index in [1.54, 1.807) is 44.9 Å². The van der Waals surface area contributed by atoms with Crippen LogP contribution in [0.4, 0.5) is 4.79 Å². The standard InChI is InChI=1S/C54H77N5O9/c1-13-34(6)48(44(66-11)30-45(60)59-29-21-28-43(59)50(67-12)35(7)51(62)55-36(8)49(61)37-22-15-14-16-23-37)57(9)53(64)46(32(2)3)56-52(63)47(33(4)5)58(10)54(65)68-31-42-40-26-19-17-24-38(40)39-25-18-20-27-41(39)42/h14-20,22-27,32-36,42-44,46-50,61H,13,21,28-31H2,1-12H3,(H,55,62)(H,56,63)/t34-,35+,36+,43-,44?,46-,47?,48?,49+,50?/m0/s1. The van der Waals surface area contributed by atoms with Crippen molar-refractivity contribution < 1.29 is 43.3 Å². The Morgan fingerprint density at radius 2 is 1.35 bits per heavy atom. The normalized spacial score (nSPS) is 18.6. The minimum absolute atomic E-state index is 0.0317. The topological polar surface area (TPSA) is 167 Å². The molecule has 10 atom stereocenters. The molecule has 0 radical (unpaired) electrons. The molecule has 4 unspecified atom stereocenters. The van der Waals surface area contributed by atoms with Gasteiger partial charge in [-0.05, 0) is 65.3 Å². The monoisotopic (exact) mass is 940 g/mol. The van der Waals surface area contributed by atoms with Crippen molar-refractivity contribution in [3.05, 3.63) is 95.6 Å². The quantitative estimate of drug-likeness (QED) is 0.0945. The number of aliphatic hydroxyl groups is 1. The average Bonchev–Trinajstić information content (AvgIpc) is 3.95. The second kappa shape index (κ2) is 24.3. The number of amides is 5. The van der Waals surface area contributed by atoms with E-state index in [2.05, 4.69) is 34.9 Å². The molecule has 0 spiro atoms. The first-order valence-electron chi connectivity index (χ1n) is 24.4. The van der Waals surface area contributed by atoms with E-state index in [-0.39, 0.29) is 60.5 Å². The van der Waals surface area contributed by atoms with Crippen molar-refractivity contribution in [3.63, 3.8) is 0 Å². The van der Waals surface area contributed by atoms with Crippen LogP contribution in [-0.4, -0.2) is 133 Å². The van der Waals surface area contributed by atoms with E-state index >= 15 is 0 Å². The third kappa shape index (κ3) is 12.1. The number of benzene rings is 3. The van der Waals surface area contributed by atoms with Gasteiger partial charge in [0.25, 0.3) is 0 Å². The van der Waals surface area contributed by atoms with Crippen LogP contribution in [0.15, 0.2) is 78.9 Å². The molecule has 1 heterocycles. The van der Waals surface area contributed by atoms with Crippen molar-refractivity contribution in [2.45, 2.75) is 136 Å². The number of aliphatic hydroxyl groups excluding tert-OH is 1. The second-order valence-corrected chi connectivity index (χ2v) is 19.6. The third-order valence-corrected chi connectivity index (χ3v) is 14.4. The van der Waals surface area contributed by atoms with Gasteiger partial charge in [0.15, 0.2) is 0 Å². The molecule has 68 heavy (non-hydrogen) atoms. The number of hydrogen-bond donors (Lipinski definition) is 3. The molecule has 2 aliphatic rings. The van der Waals surface area contributed by atoms with Gasteiger partial charge in [0.2, 0.25) is 23.6 Å². The minimum Gasteiger partial charge on any atom is -0.448 e. The fourth-order valence-electron chi connectivity index (χ4n) is 10.4. The Hall–Kier alpha value is -5.31. The minimum atomic E-state index is -0.959. The van der Waals surface area contributed by atoms with Crippen LogP contribution >= 0.6 is 0 Å². The zero-order valence-corrected chi connectivity index (χ0v) is 42.3. The van der Waals surface area contributed by atoms with Crippen molar-refractivity contribution in [1.82, 2.24) is 25.3 Å². The molecule has 0 saturated carbocycles. The third-order valence-electron chi connectivity index (χ3n) is 14.4. The summed E-state index contributed by atoms with van der Waals surface area (Å²) in [7, 11) is 6.32.